The van der Waals surface area contributed by atoms with Gasteiger partial charge in [0.05, 0.1) is 12.2 Å². The Kier molecular flexibility index (Phi) is 3.94. The van der Waals surface area contributed by atoms with Gasteiger partial charge in [-0.25, -0.2) is 0 Å². The van der Waals surface area contributed by atoms with Crippen molar-refractivity contribution in [2.24, 2.45) is 0 Å². The number of aliphatic hydroxyl groups excluding tert-OH is 2. The average Bonchev–Trinajstić information content (AvgIpc) is 2.81. The van der Waals surface area contributed by atoms with Crippen molar-refractivity contribution >= 4 is 21.8 Å². The normalized spacial score (nSPS) is 14.6. The van der Waals surface area contributed by atoms with E-state index in [4.69, 9.17) is 0 Å². The molecule has 3 rings (SSSR count). The second-order valence-electron chi connectivity index (χ2n) is 6.06. The van der Waals surface area contributed by atoms with Gasteiger partial charge in [-0.15, -0.1) is 0 Å². The van der Waals surface area contributed by atoms with Gasteiger partial charge in [0.25, 0.3) is 0 Å². The maximum atomic E-state index is 9.86. The van der Waals surface area contributed by atoms with Crippen LogP contribution in [0.25, 0.3) is 21.8 Å². The third-order valence-corrected chi connectivity index (χ3v) is 4.33. The summed E-state index contributed by atoms with van der Waals surface area (Å²) >= 11 is 0. The van der Waals surface area contributed by atoms with E-state index < -0.39 is 12.2 Å². The van der Waals surface area contributed by atoms with Crippen molar-refractivity contribution in [3.05, 3.63) is 47.5 Å². The molecule has 0 radical (unpaired) electrons. The molecular weight excluding hydrogens is 274 g/mol. The highest BCUT2D eigenvalue weighted by Crippen LogP contribution is 2.33. The predicted octanol–water partition coefficient (Wildman–Crippen LogP) is 4.31. The molecule has 0 bridgehead atoms. The van der Waals surface area contributed by atoms with E-state index in [1.165, 1.54) is 11.0 Å². The summed E-state index contributed by atoms with van der Waals surface area (Å²) in [7, 11) is 0. The lowest BCUT2D eigenvalue weighted by Gasteiger charge is -2.07. The van der Waals surface area contributed by atoms with Gasteiger partial charge in [-0.05, 0) is 55.7 Å². The Labute approximate surface area is 130 Å². The number of fused-ring (bicyclic) bond motifs is 3. The Morgan fingerprint density at radius 3 is 1.68 bits per heavy atom. The third-order valence-electron chi connectivity index (χ3n) is 4.33. The van der Waals surface area contributed by atoms with Crippen molar-refractivity contribution in [1.29, 1.82) is 0 Å². The highest BCUT2D eigenvalue weighted by atomic mass is 16.3. The Morgan fingerprint density at radius 1 is 0.864 bits per heavy atom. The zero-order valence-electron chi connectivity index (χ0n) is 13.4. The lowest BCUT2D eigenvalue weighted by Crippen LogP contribution is -1.97. The average molecular weight is 297 g/mol. The van der Waals surface area contributed by atoms with Crippen LogP contribution < -0.4 is 0 Å². The number of aromatic nitrogens is 1. The summed E-state index contributed by atoms with van der Waals surface area (Å²) in [6, 6.07) is 12.3. The zero-order chi connectivity index (χ0) is 15.9. The van der Waals surface area contributed by atoms with Crippen molar-refractivity contribution in [3.8, 4) is 0 Å². The van der Waals surface area contributed by atoms with Gasteiger partial charge in [0.1, 0.15) is 0 Å². The summed E-state index contributed by atoms with van der Waals surface area (Å²) in [6.45, 7) is 6.70. The standard InChI is InChI=1S/C19H23NO2/c1-4-9-20-18-7-5-14(12(2)21)10-16(18)17-11-15(13(3)22)6-8-19(17)20/h5-8,10-13,21-22H,4,9H2,1-3H3/t12-,13+. The van der Waals surface area contributed by atoms with E-state index in [0.29, 0.717) is 0 Å². The van der Waals surface area contributed by atoms with Crippen molar-refractivity contribution in [2.45, 2.75) is 45.9 Å². The van der Waals surface area contributed by atoms with Crippen LogP contribution in [-0.4, -0.2) is 14.8 Å². The first-order chi connectivity index (χ1) is 10.5. The van der Waals surface area contributed by atoms with Crippen molar-refractivity contribution in [3.63, 3.8) is 0 Å². The number of hydrogen-bond acceptors (Lipinski definition) is 2. The Morgan fingerprint density at radius 2 is 1.32 bits per heavy atom. The lowest BCUT2D eigenvalue weighted by molar-refractivity contribution is 0.199. The van der Waals surface area contributed by atoms with Crippen LogP contribution in [0, 0.1) is 0 Å². The monoisotopic (exact) mass is 297 g/mol. The molecule has 2 aromatic carbocycles. The van der Waals surface area contributed by atoms with E-state index in [9.17, 15) is 10.2 Å². The minimum atomic E-state index is -0.478. The highest BCUT2D eigenvalue weighted by molar-refractivity contribution is 6.08. The van der Waals surface area contributed by atoms with Crippen LogP contribution >= 0.6 is 0 Å². The molecule has 3 aromatic rings. The molecule has 2 N–H and O–H groups in total. The fraction of sp³-hybridized carbons (Fsp3) is 0.368. The van der Waals surface area contributed by atoms with E-state index in [1.54, 1.807) is 13.8 Å². The number of hydrogen-bond donors (Lipinski definition) is 2. The smallest absolute Gasteiger partial charge is 0.0762 e. The van der Waals surface area contributed by atoms with E-state index in [2.05, 4.69) is 35.8 Å². The maximum absolute atomic E-state index is 9.86. The van der Waals surface area contributed by atoms with Gasteiger partial charge in [-0.2, -0.15) is 0 Å². The van der Waals surface area contributed by atoms with Gasteiger partial charge >= 0.3 is 0 Å². The quantitative estimate of drug-likeness (QED) is 0.753. The van der Waals surface area contributed by atoms with Crippen LogP contribution in [0.1, 0.15) is 50.5 Å². The number of aryl methyl sites for hydroxylation is 1. The molecule has 0 fully saturated rings. The van der Waals surface area contributed by atoms with E-state index >= 15 is 0 Å². The molecule has 0 amide bonds. The molecule has 1 heterocycles. The number of benzene rings is 2. The summed E-state index contributed by atoms with van der Waals surface area (Å²) < 4.78 is 2.32. The molecule has 3 nitrogen and oxygen atoms in total. The second-order valence-corrected chi connectivity index (χ2v) is 6.06. The number of aliphatic hydroxyl groups is 2. The molecular formula is C19H23NO2. The topological polar surface area (TPSA) is 45.4 Å². The minimum absolute atomic E-state index is 0.478. The second kappa shape index (κ2) is 5.75. The Bertz CT molecular complexity index is 750. The van der Waals surface area contributed by atoms with Crippen LogP contribution in [0.2, 0.25) is 0 Å². The van der Waals surface area contributed by atoms with Gasteiger partial charge in [-0.3, -0.25) is 0 Å². The molecule has 2 atom stereocenters. The fourth-order valence-electron chi connectivity index (χ4n) is 3.12. The number of rotatable bonds is 4. The predicted molar refractivity (Wildman–Crippen MR) is 91.0 cm³/mol. The summed E-state index contributed by atoms with van der Waals surface area (Å²) in [5.41, 5.74) is 4.21. The maximum Gasteiger partial charge on any atom is 0.0762 e. The van der Waals surface area contributed by atoms with E-state index in [-0.39, 0.29) is 0 Å². The highest BCUT2D eigenvalue weighted by Gasteiger charge is 2.13. The first kappa shape index (κ1) is 15.1. The third kappa shape index (κ3) is 2.40. The van der Waals surface area contributed by atoms with Gasteiger partial charge in [0, 0.05) is 28.4 Å². The van der Waals surface area contributed by atoms with Crippen LogP contribution in [0.4, 0.5) is 0 Å². The largest absolute Gasteiger partial charge is 0.389 e. The molecule has 0 saturated heterocycles. The molecule has 0 unspecified atom stereocenters. The molecule has 0 aliphatic carbocycles. The lowest BCUT2D eigenvalue weighted by atomic mass is 10.0. The van der Waals surface area contributed by atoms with Gasteiger partial charge in [-0.1, -0.05) is 19.1 Å². The minimum Gasteiger partial charge on any atom is -0.389 e. The fourth-order valence-corrected chi connectivity index (χ4v) is 3.12. The van der Waals surface area contributed by atoms with Gasteiger partial charge < -0.3 is 14.8 Å². The molecule has 116 valence electrons. The molecule has 0 aliphatic rings. The van der Waals surface area contributed by atoms with Crippen LogP contribution in [-0.2, 0) is 6.54 Å². The van der Waals surface area contributed by atoms with E-state index in [1.807, 2.05) is 12.1 Å². The zero-order valence-corrected chi connectivity index (χ0v) is 13.4. The van der Waals surface area contributed by atoms with Crippen molar-refractivity contribution < 1.29 is 10.2 Å². The van der Waals surface area contributed by atoms with Crippen molar-refractivity contribution in [1.82, 2.24) is 4.57 Å². The molecule has 3 heteroatoms. The first-order valence-corrected chi connectivity index (χ1v) is 7.95. The summed E-state index contributed by atoms with van der Waals surface area (Å²) in [5, 5.41) is 22.0. The molecule has 0 saturated carbocycles. The molecule has 22 heavy (non-hydrogen) atoms. The van der Waals surface area contributed by atoms with Crippen LogP contribution in [0.3, 0.4) is 0 Å². The summed E-state index contributed by atoms with van der Waals surface area (Å²) in [4.78, 5) is 0. The molecule has 0 aliphatic heterocycles. The van der Waals surface area contributed by atoms with Crippen LogP contribution in [0.5, 0.6) is 0 Å². The summed E-state index contributed by atoms with van der Waals surface area (Å²) in [5.74, 6) is 0. The number of nitrogens with zero attached hydrogens (tertiary/aromatic N) is 1. The van der Waals surface area contributed by atoms with Crippen LogP contribution in [0.15, 0.2) is 36.4 Å². The van der Waals surface area contributed by atoms with Gasteiger partial charge in [0.15, 0.2) is 0 Å². The summed E-state index contributed by atoms with van der Waals surface area (Å²) in [6.07, 6.45) is 0.109. The Hall–Kier alpha value is -1.84. The molecule has 0 spiro atoms. The van der Waals surface area contributed by atoms with Gasteiger partial charge in [0.2, 0.25) is 0 Å². The Balaban J connectivity index is 2.36. The first-order valence-electron chi connectivity index (χ1n) is 7.95. The SMILES string of the molecule is CCCn1c2ccc([C@H](C)O)cc2c2cc([C@@H](C)O)ccc21. The molecule has 1 aromatic heterocycles. The van der Waals surface area contributed by atoms with E-state index in [0.717, 1.165) is 34.9 Å². The van der Waals surface area contributed by atoms with Crippen molar-refractivity contribution in [2.75, 3.05) is 0 Å².